The van der Waals surface area contributed by atoms with Crippen molar-refractivity contribution in [3.8, 4) is 11.6 Å². The van der Waals surface area contributed by atoms with Crippen LogP contribution in [0.4, 0.5) is 10.1 Å². The fraction of sp³-hybridized carbons (Fsp3) is 0. The second-order valence-electron chi connectivity index (χ2n) is 3.30. The lowest BCUT2D eigenvalue weighted by atomic mass is 10.3. The molecule has 1 aromatic heterocycles. The van der Waals surface area contributed by atoms with Crippen LogP contribution < -0.4 is 4.74 Å². The quantitative estimate of drug-likeness (QED) is 0.492. The summed E-state index contributed by atoms with van der Waals surface area (Å²) in [6, 6.07) is 8.17. The van der Waals surface area contributed by atoms with E-state index >= 15 is 0 Å². The highest BCUT2D eigenvalue weighted by Gasteiger charge is 2.10. The van der Waals surface area contributed by atoms with Crippen molar-refractivity contribution in [1.82, 2.24) is 4.98 Å². The van der Waals surface area contributed by atoms with Crippen molar-refractivity contribution in [3.05, 3.63) is 56.9 Å². The van der Waals surface area contributed by atoms with Crippen molar-refractivity contribution in [2.45, 2.75) is 0 Å². The number of nitro benzene ring substituents is 1. The summed E-state index contributed by atoms with van der Waals surface area (Å²) < 4.78 is 18.6. The van der Waals surface area contributed by atoms with E-state index in [1.807, 2.05) is 0 Å². The van der Waals surface area contributed by atoms with Crippen LogP contribution in [0.1, 0.15) is 0 Å². The summed E-state index contributed by atoms with van der Waals surface area (Å²) in [5.41, 5.74) is -0.129. The van der Waals surface area contributed by atoms with Gasteiger partial charge in [0.05, 0.1) is 11.0 Å². The Morgan fingerprint density at radius 3 is 2.78 bits per heavy atom. The maximum Gasteiger partial charge on any atom is 0.274 e. The Bertz CT molecular complexity index is 607. The lowest BCUT2D eigenvalue weighted by molar-refractivity contribution is -0.385. The molecule has 2 rings (SSSR count). The van der Waals surface area contributed by atoms with Crippen LogP contribution in [0.3, 0.4) is 0 Å². The van der Waals surface area contributed by atoms with E-state index in [9.17, 15) is 14.5 Å². The van der Waals surface area contributed by atoms with Gasteiger partial charge in [0.15, 0.2) is 0 Å². The minimum atomic E-state index is -0.683. The summed E-state index contributed by atoms with van der Waals surface area (Å²) in [5, 5.41) is 10.7. The van der Waals surface area contributed by atoms with Gasteiger partial charge in [0, 0.05) is 16.6 Å². The molecule has 1 aromatic carbocycles. The van der Waals surface area contributed by atoms with E-state index in [0.29, 0.717) is 4.47 Å². The largest absolute Gasteiger partial charge is 0.439 e. The molecule has 0 unspecified atom stereocenters. The Hall–Kier alpha value is -2.02. The van der Waals surface area contributed by atoms with Crippen molar-refractivity contribution in [2.24, 2.45) is 0 Å². The Kier molecular flexibility index (Phi) is 3.52. The third-order valence-electron chi connectivity index (χ3n) is 1.98. The Labute approximate surface area is 110 Å². The van der Waals surface area contributed by atoms with Gasteiger partial charge in [-0.1, -0.05) is 22.0 Å². The average Bonchev–Trinajstić information content (AvgIpc) is 2.28. The third-order valence-corrected chi connectivity index (χ3v) is 2.44. The van der Waals surface area contributed by atoms with Gasteiger partial charge in [0.2, 0.25) is 11.8 Å². The highest BCUT2D eigenvalue weighted by molar-refractivity contribution is 9.10. The predicted octanol–water partition coefficient (Wildman–Crippen LogP) is 3.68. The molecule has 0 spiro atoms. The van der Waals surface area contributed by atoms with Crippen molar-refractivity contribution in [3.63, 3.8) is 0 Å². The van der Waals surface area contributed by atoms with Gasteiger partial charge >= 0.3 is 0 Å². The fourth-order valence-electron chi connectivity index (χ4n) is 1.28. The van der Waals surface area contributed by atoms with Crippen molar-refractivity contribution in [1.29, 1.82) is 0 Å². The minimum Gasteiger partial charge on any atom is -0.439 e. The van der Waals surface area contributed by atoms with Gasteiger partial charge in [-0.25, -0.2) is 0 Å². The van der Waals surface area contributed by atoms with Crippen LogP contribution in [0.15, 0.2) is 40.9 Å². The van der Waals surface area contributed by atoms with Crippen LogP contribution >= 0.6 is 15.9 Å². The number of pyridine rings is 1. The van der Waals surface area contributed by atoms with Gasteiger partial charge in [-0.05, 0) is 12.1 Å². The average molecular weight is 313 g/mol. The van der Waals surface area contributed by atoms with E-state index in [1.165, 1.54) is 36.4 Å². The molecule has 0 aliphatic heterocycles. The molecule has 92 valence electrons. The zero-order chi connectivity index (χ0) is 13.1. The molecular weight excluding hydrogens is 307 g/mol. The first-order chi connectivity index (χ1) is 8.54. The SMILES string of the molecule is O=[N+]([O-])c1cc(Br)cc(Oc2cccc(F)n2)c1. The van der Waals surface area contributed by atoms with Crippen LogP contribution in [0.5, 0.6) is 11.6 Å². The number of hydrogen-bond donors (Lipinski definition) is 0. The summed E-state index contributed by atoms with van der Waals surface area (Å²) in [4.78, 5) is 13.6. The minimum absolute atomic E-state index is 0.0300. The number of benzene rings is 1. The number of ether oxygens (including phenoxy) is 1. The lowest BCUT2D eigenvalue weighted by Gasteiger charge is -2.04. The smallest absolute Gasteiger partial charge is 0.274 e. The first-order valence-electron chi connectivity index (χ1n) is 4.80. The summed E-state index contributed by atoms with van der Waals surface area (Å²) in [7, 11) is 0. The molecule has 0 aliphatic rings. The summed E-state index contributed by atoms with van der Waals surface area (Å²) >= 11 is 3.13. The highest BCUT2D eigenvalue weighted by Crippen LogP contribution is 2.28. The molecule has 7 heteroatoms. The molecule has 5 nitrogen and oxygen atoms in total. The van der Waals surface area contributed by atoms with E-state index in [1.54, 1.807) is 0 Å². The molecule has 18 heavy (non-hydrogen) atoms. The van der Waals surface area contributed by atoms with E-state index in [2.05, 4.69) is 20.9 Å². The van der Waals surface area contributed by atoms with Gasteiger partial charge < -0.3 is 4.74 Å². The Morgan fingerprint density at radius 1 is 1.33 bits per heavy atom. The van der Waals surface area contributed by atoms with Crippen molar-refractivity contribution >= 4 is 21.6 Å². The summed E-state index contributed by atoms with van der Waals surface area (Å²) in [5.74, 6) is -0.450. The molecule has 0 amide bonds. The van der Waals surface area contributed by atoms with Gasteiger partial charge in [-0.2, -0.15) is 9.37 Å². The van der Waals surface area contributed by atoms with Crippen molar-refractivity contribution in [2.75, 3.05) is 0 Å². The highest BCUT2D eigenvalue weighted by atomic mass is 79.9. The van der Waals surface area contributed by atoms with Crippen LogP contribution in [-0.2, 0) is 0 Å². The molecule has 1 heterocycles. The number of nitrogens with zero attached hydrogens (tertiary/aromatic N) is 2. The van der Waals surface area contributed by atoms with Gasteiger partial charge in [-0.15, -0.1) is 0 Å². The number of halogens is 2. The molecule has 0 N–H and O–H groups in total. The number of hydrogen-bond acceptors (Lipinski definition) is 4. The zero-order valence-corrected chi connectivity index (χ0v) is 10.4. The lowest BCUT2D eigenvalue weighted by Crippen LogP contribution is -1.92. The number of rotatable bonds is 3. The normalized spacial score (nSPS) is 10.1. The molecule has 0 radical (unpaired) electrons. The van der Waals surface area contributed by atoms with Crippen LogP contribution in [0.25, 0.3) is 0 Å². The van der Waals surface area contributed by atoms with Crippen LogP contribution in [0.2, 0.25) is 0 Å². The molecule has 0 fully saturated rings. The second kappa shape index (κ2) is 5.09. The van der Waals surface area contributed by atoms with Gasteiger partial charge in [-0.3, -0.25) is 10.1 Å². The number of nitro groups is 1. The van der Waals surface area contributed by atoms with E-state index in [-0.39, 0.29) is 17.3 Å². The third kappa shape index (κ3) is 3.01. The molecule has 0 saturated carbocycles. The Balaban J connectivity index is 2.31. The van der Waals surface area contributed by atoms with E-state index in [4.69, 9.17) is 4.74 Å². The molecule has 0 saturated heterocycles. The summed E-state index contributed by atoms with van der Waals surface area (Å²) in [6.07, 6.45) is 0. The predicted molar refractivity (Wildman–Crippen MR) is 65.1 cm³/mol. The zero-order valence-electron chi connectivity index (χ0n) is 8.84. The second-order valence-corrected chi connectivity index (χ2v) is 4.22. The van der Waals surface area contributed by atoms with Crippen LogP contribution in [0, 0.1) is 16.1 Å². The Morgan fingerprint density at radius 2 is 2.11 bits per heavy atom. The van der Waals surface area contributed by atoms with Gasteiger partial charge in [0.25, 0.3) is 5.69 Å². The monoisotopic (exact) mass is 312 g/mol. The molecular formula is C11H6BrFN2O3. The van der Waals surface area contributed by atoms with Crippen LogP contribution in [-0.4, -0.2) is 9.91 Å². The standard InChI is InChI=1S/C11H6BrFN2O3/c12-7-4-8(15(16)17)6-9(5-7)18-11-3-1-2-10(13)14-11/h1-6H. The number of non-ortho nitro benzene ring substituents is 1. The van der Waals surface area contributed by atoms with Gasteiger partial charge in [0.1, 0.15) is 5.75 Å². The topological polar surface area (TPSA) is 65.3 Å². The summed E-state index contributed by atoms with van der Waals surface area (Å²) in [6.45, 7) is 0. The first-order valence-corrected chi connectivity index (χ1v) is 5.59. The first kappa shape index (κ1) is 12.4. The fourth-order valence-corrected chi connectivity index (χ4v) is 1.74. The molecule has 2 aromatic rings. The maximum absolute atomic E-state index is 12.8. The van der Waals surface area contributed by atoms with E-state index in [0.717, 1.165) is 0 Å². The number of aromatic nitrogens is 1. The molecule has 0 bridgehead atoms. The maximum atomic E-state index is 12.8. The van der Waals surface area contributed by atoms with Crippen molar-refractivity contribution < 1.29 is 14.1 Å². The molecule has 0 aliphatic carbocycles. The van der Waals surface area contributed by atoms with E-state index < -0.39 is 10.9 Å². The molecule has 0 atom stereocenters.